The van der Waals surface area contributed by atoms with Crippen molar-refractivity contribution >= 4 is 29.1 Å². The van der Waals surface area contributed by atoms with Gasteiger partial charge in [0, 0.05) is 35.3 Å². The molecule has 6 nitrogen and oxygen atoms in total. The molecule has 1 fully saturated rings. The quantitative estimate of drug-likeness (QED) is 0.627. The Bertz CT molecular complexity index is 943. The van der Waals surface area contributed by atoms with E-state index in [-0.39, 0.29) is 64.7 Å². The number of carbonyl (C=O) groups excluding carboxylic acids is 1. The van der Waals surface area contributed by atoms with Crippen LogP contribution in [0.5, 0.6) is 5.75 Å². The van der Waals surface area contributed by atoms with Crippen molar-refractivity contribution < 1.29 is 27.4 Å². The van der Waals surface area contributed by atoms with Crippen LogP contribution in [0.4, 0.5) is 13.2 Å². The Morgan fingerprint density at radius 3 is 2.67 bits per heavy atom. The van der Waals surface area contributed by atoms with Gasteiger partial charge in [-0.3, -0.25) is 9.78 Å². The Morgan fingerprint density at radius 1 is 1.33 bits per heavy atom. The molecule has 0 radical (unpaired) electrons. The molecule has 0 atom stereocenters. The number of hydrogen-bond acceptors (Lipinski definition) is 5. The first kappa shape index (κ1) is 22.6. The number of benzene rings is 1. The average molecular weight is 464 g/mol. The zero-order chi connectivity index (χ0) is 21.9. The molecule has 1 aliphatic rings. The monoisotopic (exact) mass is 463 g/mol. The number of nitrogens with zero attached hydrogens (tertiary/aromatic N) is 1. The maximum Gasteiger partial charge on any atom is 0.272 e. The third kappa shape index (κ3) is 5.15. The van der Waals surface area contributed by atoms with Crippen LogP contribution < -0.4 is 15.8 Å². The van der Waals surface area contributed by atoms with E-state index in [0.717, 1.165) is 0 Å². The van der Waals surface area contributed by atoms with Crippen LogP contribution in [-0.4, -0.2) is 49.2 Å². The standard InChI is InChI=1S/C19H18Cl2F3N3O3/c20-11-4-12(17(13(21)5-11)30-7-16(23)24)10-3-14(22)15(27-6-10)1-2-26-18(28)19(25)8-29-9-19/h3-6,16H,1-2,7-9,25H2,(H,26,28). The van der Waals surface area contributed by atoms with Gasteiger partial charge in [-0.05, 0) is 18.2 Å². The fourth-order valence-electron chi connectivity index (χ4n) is 2.79. The van der Waals surface area contributed by atoms with Crippen molar-refractivity contribution in [3.05, 3.63) is 46.0 Å². The normalized spacial score (nSPS) is 15.0. The molecule has 0 unspecified atom stereocenters. The smallest absolute Gasteiger partial charge is 0.272 e. The number of nitrogens with one attached hydrogen (secondary N) is 1. The van der Waals surface area contributed by atoms with Gasteiger partial charge >= 0.3 is 0 Å². The molecule has 30 heavy (non-hydrogen) atoms. The predicted octanol–water partition coefficient (Wildman–Crippen LogP) is 3.22. The number of hydrogen-bond donors (Lipinski definition) is 2. The molecule has 0 bridgehead atoms. The molecule has 0 spiro atoms. The summed E-state index contributed by atoms with van der Waals surface area (Å²) < 4.78 is 49.7. The summed E-state index contributed by atoms with van der Waals surface area (Å²) >= 11 is 12.1. The zero-order valence-electron chi connectivity index (χ0n) is 15.6. The first-order chi connectivity index (χ1) is 14.2. The molecule has 162 valence electrons. The Hall–Kier alpha value is -2.07. The van der Waals surface area contributed by atoms with Gasteiger partial charge in [0.15, 0.2) is 0 Å². The average Bonchev–Trinajstić information content (AvgIpc) is 2.65. The molecular formula is C19H18Cl2F3N3O3. The topological polar surface area (TPSA) is 86.5 Å². The predicted molar refractivity (Wildman–Crippen MR) is 106 cm³/mol. The number of aromatic nitrogens is 1. The number of carbonyl (C=O) groups is 1. The maximum atomic E-state index is 14.6. The van der Waals surface area contributed by atoms with Gasteiger partial charge in [0.05, 0.1) is 23.9 Å². The van der Waals surface area contributed by atoms with Crippen LogP contribution >= 0.6 is 23.2 Å². The molecule has 1 aromatic heterocycles. The van der Waals surface area contributed by atoms with Crippen molar-refractivity contribution in [1.29, 1.82) is 0 Å². The van der Waals surface area contributed by atoms with Gasteiger partial charge in [-0.25, -0.2) is 13.2 Å². The lowest BCUT2D eigenvalue weighted by atomic mass is 9.98. The number of ether oxygens (including phenoxy) is 2. The first-order valence-electron chi connectivity index (χ1n) is 8.89. The van der Waals surface area contributed by atoms with E-state index in [0.29, 0.717) is 0 Å². The summed E-state index contributed by atoms with van der Waals surface area (Å²) in [6, 6.07) is 3.93. The molecule has 11 heteroatoms. The molecule has 0 aliphatic carbocycles. The summed E-state index contributed by atoms with van der Waals surface area (Å²) in [4.78, 5) is 16.0. The van der Waals surface area contributed by atoms with Gasteiger partial charge in [0.2, 0.25) is 5.91 Å². The SMILES string of the molecule is NC1(C(=O)NCCc2ncc(-c3cc(Cl)cc(Cl)c3OCC(F)F)cc2F)COC1. The Kier molecular flexibility index (Phi) is 7.07. The second-order valence-corrected chi connectivity index (χ2v) is 7.62. The van der Waals surface area contributed by atoms with E-state index < -0.39 is 24.4 Å². The highest BCUT2D eigenvalue weighted by molar-refractivity contribution is 6.36. The number of pyridine rings is 1. The van der Waals surface area contributed by atoms with Crippen molar-refractivity contribution in [2.75, 3.05) is 26.4 Å². The number of alkyl halides is 2. The molecule has 1 saturated heterocycles. The van der Waals surface area contributed by atoms with E-state index in [1.807, 2.05) is 0 Å². The van der Waals surface area contributed by atoms with Gasteiger partial charge in [-0.15, -0.1) is 0 Å². The van der Waals surface area contributed by atoms with Crippen molar-refractivity contribution in [1.82, 2.24) is 10.3 Å². The number of nitrogens with two attached hydrogens (primary N) is 1. The highest BCUT2D eigenvalue weighted by atomic mass is 35.5. The Labute approximate surface area is 180 Å². The summed E-state index contributed by atoms with van der Waals surface area (Å²) in [6.45, 7) is -0.473. The summed E-state index contributed by atoms with van der Waals surface area (Å²) in [6.07, 6.45) is -1.24. The fraction of sp³-hybridized carbons (Fsp3) is 0.368. The van der Waals surface area contributed by atoms with Gasteiger partial charge in [-0.2, -0.15) is 0 Å². The second kappa shape index (κ2) is 9.38. The van der Waals surface area contributed by atoms with E-state index in [9.17, 15) is 18.0 Å². The molecule has 3 N–H and O–H groups in total. The Balaban J connectivity index is 1.74. The molecule has 3 rings (SSSR count). The van der Waals surface area contributed by atoms with E-state index in [1.165, 1.54) is 24.4 Å². The highest BCUT2D eigenvalue weighted by Gasteiger charge is 2.41. The second-order valence-electron chi connectivity index (χ2n) is 6.77. The van der Waals surface area contributed by atoms with Gasteiger partial charge in [0.1, 0.15) is 23.7 Å². The summed E-state index contributed by atoms with van der Waals surface area (Å²) in [7, 11) is 0. The van der Waals surface area contributed by atoms with E-state index in [4.69, 9.17) is 38.4 Å². The zero-order valence-corrected chi connectivity index (χ0v) is 17.1. The van der Waals surface area contributed by atoms with E-state index in [1.54, 1.807) is 0 Å². The Morgan fingerprint density at radius 2 is 2.07 bits per heavy atom. The molecular weight excluding hydrogens is 446 g/mol. The van der Waals surface area contributed by atoms with Crippen LogP contribution in [0, 0.1) is 5.82 Å². The van der Waals surface area contributed by atoms with Crippen molar-refractivity contribution in [2.45, 2.75) is 18.4 Å². The molecule has 1 aliphatic heterocycles. The van der Waals surface area contributed by atoms with Gasteiger partial charge in [-0.1, -0.05) is 23.2 Å². The molecule has 1 amide bonds. The van der Waals surface area contributed by atoms with Crippen LogP contribution in [-0.2, 0) is 16.0 Å². The highest BCUT2D eigenvalue weighted by Crippen LogP contribution is 2.39. The number of rotatable bonds is 8. The van der Waals surface area contributed by atoms with Crippen LogP contribution in [0.15, 0.2) is 24.4 Å². The van der Waals surface area contributed by atoms with Crippen LogP contribution in [0.2, 0.25) is 10.0 Å². The minimum absolute atomic E-state index is 0.0148. The number of amides is 1. The van der Waals surface area contributed by atoms with E-state index in [2.05, 4.69) is 10.3 Å². The van der Waals surface area contributed by atoms with Gasteiger partial charge < -0.3 is 20.5 Å². The minimum atomic E-state index is -2.71. The van der Waals surface area contributed by atoms with Crippen LogP contribution in [0.1, 0.15) is 5.69 Å². The van der Waals surface area contributed by atoms with Crippen molar-refractivity contribution in [3.63, 3.8) is 0 Å². The van der Waals surface area contributed by atoms with Crippen LogP contribution in [0.3, 0.4) is 0 Å². The largest absolute Gasteiger partial charge is 0.485 e. The molecule has 2 aromatic rings. The lowest BCUT2D eigenvalue weighted by Gasteiger charge is -2.35. The lowest BCUT2D eigenvalue weighted by Crippen LogP contribution is -2.66. The molecule has 1 aromatic carbocycles. The third-order valence-corrected chi connectivity index (χ3v) is 4.91. The van der Waals surface area contributed by atoms with Crippen molar-refractivity contribution in [3.8, 4) is 16.9 Å². The van der Waals surface area contributed by atoms with E-state index >= 15 is 0 Å². The fourth-order valence-corrected chi connectivity index (χ4v) is 3.34. The minimum Gasteiger partial charge on any atom is -0.485 e. The van der Waals surface area contributed by atoms with Crippen LogP contribution in [0.25, 0.3) is 11.1 Å². The summed E-state index contributed by atoms with van der Waals surface area (Å²) in [5, 5.41) is 2.86. The number of halogens is 5. The third-order valence-electron chi connectivity index (χ3n) is 4.41. The molecule has 0 saturated carbocycles. The first-order valence-corrected chi connectivity index (χ1v) is 9.65. The van der Waals surface area contributed by atoms with Gasteiger partial charge in [0.25, 0.3) is 6.43 Å². The maximum absolute atomic E-state index is 14.6. The lowest BCUT2D eigenvalue weighted by molar-refractivity contribution is -0.143. The molecule has 2 heterocycles. The summed E-state index contributed by atoms with van der Waals surface area (Å²) in [5.74, 6) is -1.06. The summed E-state index contributed by atoms with van der Waals surface area (Å²) in [5.41, 5.74) is 5.36. The van der Waals surface area contributed by atoms with Crippen molar-refractivity contribution in [2.24, 2.45) is 5.73 Å².